The van der Waals surface area contributed by atoms with Gasteiger partial charge in [0.1, 0.15) is 5.69 Å². The summed E-state index contributed by atoms with van der Waals surface area (Å²) in [7, 11) is 0. The number of hydrogen-bond donors (Lipinski definition) is 2. The monoisotopic (exact) mass is 272 g/mol. The maximum atomic E-state index is 11.3. The summed E-state index contributed by atoms with van der Waals surface area (Å²) in [4.78, 5) is 21.8. The van der Waals surface area contributed by atoms with E-state index in [4.69, 9.17) is 0 Å². The van der Waals surface area contributed by atoms with Gasteiger partial charge in [0.25, 0.3) is 5.69 Å². The summed E-state index contributed by atoms with van der Waals surface area (Å²) in [5.41, 5.74) is 0.709. The number of carboxylic acids is 1. The van der Waals surface area contributed by atoms with Crippen molar-refractivity contribution in [3.05, 3.63) is 63.7 Å². The zero-order valence-corrected chi connectivity index (χ0v) is 10.7. The Morgan fingerprint density at radius 2 is 1.90 bits per heavy atom. The molecule has 6 nitrogen and oxygen atoms in total. The third kappa shape index (κ3) is 2.74. The van der Waals surface area contributed by atoms with Gasteiger partial charge >= 0.3 is 5.97 Å². The average molecular weight is 272 g/mol. The molecule has 0 unspecified atom stereocenters. The molecule has 0 bridgehead atoms. The summed E-state index contributed by atoms with van der Waals surface area (Å²) in [5, 5.41) is 23.1. The highest BCUT2D eigenvalue weighted by molar-refractivity contribution is 5.98. The van der Waals surface area contributed by atoms with Crippen molar-refractivity contribution in [2.24, 2.45) is 0 Å². The van der Waals surface area contributed by atoms with Crippen LogP contribution < -0.4 is 5.32 Å². The molecule has 2 N–H and O–H groups in total. The van der Waals surface area contributed by atoms with Crippen LogP contribution in [0.1, 0.15) is 15.9 Å². The van der Waals surface area contributed by atoms with Crippen LogP contribution >= 0.6 is 0 Å². The molecule has 2 aromatic carbocycles. The van der Waals surface area contributed by atoms with Gasteiger partial charge in [0.05, 0.1) is 10.5 Å². The number of para-hydroxylation sites is 1. The number of carboxylic acid groups (broad SMARTS) is 1. The van der Waals surface area contributed by atoms with E-state index in [0.29, 0.717) is 11.3 Å². The molecule has 0 saturated carbocycles. The highest BCUT2D eigenvalue weighted by atomic mass is 16.6. The van der Waals surface area contributed by atoms with Crippen LogP contribution in [-0.4, -0.2) is 16.0 Å². The van der Waals surface area contributed by atoms with Gasteiger partial charge < -0.3 is 10.4 Å². The summed E-state index contributed by atoms with van der Waals surface area (Å²) in [6, 6.07) is 11.5. The number of nitro benzene ring substituents is 1. The van der Waals surface area contributed by atoms with Crippen LogP contribution in [0.4, 0.5) is 17.1 Å². The van der Waals surface area contributed by atoms with Crippen LogP contribution in [0.25, 0.3) is 0 Å². The van der Waals surface area contributed by atoms with Crippen molar-refractivity contribution in [2.75, 3.05) is 5.32 Å². The molecule has 0 radical (unpaired) electrons. The van der Waals surface area contributed by atoms with Gasteiger partial charge in [-0.2, -0.15) is 0 Å². The van der Waals surface area contributed by atoms with E-state index < -0.39 is 10.9 Å². The van der Waals surface area contributed by atoms with Crippen molar-refractivity contribution >= 4 is 23.0 Å². The zero-order valence-electron chi connectivity index (χ0n) is 10.7. The maximum absolute atomic E-state index is 11.3. The van der Waals surface area contributed by atoms with Crippen LogP contribution in [0, 0.1) is 17.0 Å². The molecule has 0 atom stereocenters. The summed E-state index contributed by atoms with van der Waals surface area (Å²) in [6.07, 6.45) is 0. The van der Waals surface area contributed by atoms with Crippen LogP contribution in [0.15, 0.2) is 42.5 Å². The van der Waals surface area contributed by atoms with Crippen LogP contribution in [-0.2, 0) is 0 Å². The standard InChI is InChI=1S/C14H12N2O4/c1-9-7-11(14(17)18)13(12(8-9)16(19)20)15-10-5-3-2-4-6-10/h2-8,15H,1H3,(H,17,18). The van der Waals surface area contributed by atoms with Gasteiger partial charge in [0.15, 0.2) is 0 Å². The lowest BCUT2D eigenvalue weighted by atomic mass is 10.1. The van der Waals surface area contributed by atoms with Crippen molar-refractivity contribution in [3.63, 3.8) is 0 Å². The third-order valence-corrected chi connectivity index (χ3v) is 2.73. The minimum Gasteiger partial charge on any atom is -0.478 e. The van der Waals surface area contributed by atoms with Crippen molar-refractivity contribution in [1.82, 2.24) is 0 Å². The minimum absolute atomic E-state index is 0.0145. The SMILES string of the molecule is Cc1cc(C(=O)O)c(Nc2ccccc2)c([N+](=O)[O-])c1. The normalized spacial score (nSPS) is 10.1. The van der Waals surface area contributed by atoms with Crippen LogP contribution in [0.5, 0.6) is 0 Å². The molecule has 0 spiro atoms. The number of rotatable bonds is 4. The molecule has 2 aromatic rings. The lowest BCUT2D eigenvalue weighted by Gasteiger charge is -2.11. The van der Waals surface area contributed by atoms with Gasteiger partial charge in [0.2, 0.25) is 0 Å². The van der Waals surface area contributed by atoms with Gasteiger partial charge in [-0.1, -0.05) is 18.2 Å². The number of carbonyl (C=O) groups is 1. The van der Waals surface area contributed by atoms with Gasteiger partial charge in [-0.15, -0.1) is 0 Å². The average Bonchev–Trinajstić information content (AvgIpc) is 2.41. The van der Waals surface area contributed by atoms with E-state index in [2.05, 4.69) is 5.32 Å². The molecule has 0 heterocycles. The summed E-state index contributed by atoms with van der Waals surface area (Å²) < 4.78 is 0. The topological polar surface area (TPSA) is 92.5 Å². The first-order chi connectivity index (χ1) is 9.49. The molecule has 0 saturated heterocycles. The Kier molecular flexibility index (Phi) is 3.65. The van der Waals surface area contributed by atoms with Crippen LogP contribution in [0.2, 0.25) is 0 Å². The molecule has 0 fully saturated rings. The number of aromatic carboxylic acids is 1. The molecule has 0 aliphatic heterocycles. The summed E-state index contributed by atoms with van der Waals surface area (Å²) >= 11 is 0. The van der Waals surface area contributed by atoms with E-state index in [1.165, 1.54) is 12.1 Å². The fourth-order valence-corrected chi connectivity index (χ4v) is 1.88. The molecule has 20 heavy (non-hydrogen) atoms. The highest BCUT2D eigenvalue weighted by Crippen LogP contribution is 2.32. The second kappa shape index (κ2) is 5.40. The predicted molar refractivity (Wildman–Crippen MR) is 74.5 cm³/mol. The second-order valence-electron chi connectivity index (χ2n) is 4.26. The van der Waals surface area contributed by atoms with E-state index >= 15 is 0 Å². The Hall–Kier alpha value is -2.89. The number of nitrogens with one attached hydrogen (secondary N) is 1. The first kappa shape index (κ1) is 13.5. The number of nitrogens with zero attached hydrogens (tertiary/aromatic N) is 1. The van der Waals surface area contributed by atoms with Crippen molar-refractivity contribution < 1.29 is 14.8 Å². The van der Waals surface area contributed by atoms with Crippen molar-refractivity contribution in [2.45, 2.75) is 6.92 Å². The third-order valence-electron chi connectivity index (χ3n) is 2.73. The molecular weight excluding hydrogens is 260 g/mol. The Labute approximate surface area is 114 Å². The van der Waals surface area contributed by atoms with E-state index in [-0.39, 0.29) is 16.9 Å². The number of aryl methyl sites for hydroxylation is 1. The number of hydrogen-bond acceptors (Lipinski definition) is 4. The fourth-order valence-electron chi connectivity index (χ4n) is 1.88. The lowest BCUT2D eigenvalue weighted by molar-refractivity contribution is -0.384. The molecule has 0 aliphatic carbocycles. The largest absolute Gasteiger partial charge is 0.478 e. The summed E-state index contributed by atoms with van der Waals surface area (Å²) in [5.74, 6) is -1.21. The second-order valence-corrected chi connectivity index (χ2v) is 4.26. The fraction of sp³-hybridized carbons (Fsp3) is 0.0714. The molecule has 0 aromatic heterocycles. The van der Waals surface area contributed by atoms with Gasteiger partial charge in [-0.3, -0.25) is 10.1 Å². The molecule has 6 heteroatoms. The van der Waals surface area contributed by atoms with Crippen LogP contribution in [0.3, 0.4) is 0 Å². The first-order valence-corrected chi connectivity index (χ1v) is 5.83. The first-order valence-electron chi connectivity index (χ1n) is 5.83. The quantitative estimate of drug-likeness (QED) is 0.657. The van der Waals surface area contributed by atoms with E-state index in [0.717, 1.165) is 0 Å². The van der Waals surface area contributed by atoms with E-state index in [9.17, 15) is 20.0 Å². The van der Waals surface area contributed by atoms with Crippen molar-refractivity contribution in [1.29, 1.82) is 0 Å². The van der Waals surface area contributed by atoms with Gasteiger partial charge in [-0.05, 0) is 30.7 Å². The van der Waals surface area contributed by atoms with E-state index in [1.54, 1.807) is 37.3 Å². The number of nitro groups is 1. The molecule has 0 amide bonds. The maximum Gasteiger partial charge on any atom is 0.338 e. The Morgan fingerprint density at radius 1 is 1.25 bits per heavy atom. The molecule has 0 aliphatic rings. The molecule has 102 valence electrons. The Balaban J connectivity index is 2.59. The minimum atomic E-state index is -1.21. The lowest BCUT2D eigenvalue weighted by Crippen LogP contribution is -2.06. The number of anilines is 2. The number of benzene rings is 2. The zero-order chi connectivity index (χ0) is 14.7. The Bertz CT molecular complexity index is 633. The van der Waals surface area contributed by atoms with E-state index in [1.807, 2.05) is 0 Å². The highest BCUT2D eigenvalue weighted by Gasteiger charge is 2.22. The molecular formula is C14H12N2O4. The molecule has 2 rings (SSSR count). The van der Waals surface area contributed by atoms with Crippen molar-refractivity contribution in [3.8, 4) is 0 Å². The summed E-state index contributed by atoms with van der Waals surface area (Å²) in [6.45, 7) is 1.62. The predicted octanol–water partition coefficient (Wildman–Crippen LogP) is 3.35. The Morgan fingerprint density at radius 3 is 2.45 bits per heavy atom. The smallest absolute Gasteiger partial charge is 0.338 e. The van der Waals surface area contributed by atoms with Gasteiger partial charge in [0, 0.05) is 11.8 Å². The van der Waals surface area contributed by atoms with Gasteiger partial charge in [-0.25, -0.2) is 4.79 Å².